The van der Waals surface area contributed by atoms with E-state index in [0.717, 1.165) is 23.5 Å². The number of alkyl halides is 3. The molecule has 0 saturated carbocycles. The topological polar surface area (TPSA) is 59.5 Å². The monoisotopic (exact) mass is 428 g/mol. The number of hydrogen-bond acceptors (Lipinski definition) is 5. The van der Waals surface area contributed by atoms with E-state index in [1.165, 1.54) is 6.07 Å². The van der Waals surface area contributed by atoms with Crippen molar-refractivity contribution in [3.05, 3.63) is 53.7 Å². The number of pyridine rings is 1. The van der Waals surface area contributed by atoms with Crippen LogP contribution in [0, 0.1) is 0 Å². The molecule has 0 bridgehead atoms. The fourth-order valence-corrected chi connectivity index (χ4v) is 5.24. The van der Waals surface area contributed by atoms with Crippen molar-refractivity contribution in [2.45, 2.75) is 41.7 Å². The number of aromatic nitrogens is 1. The Kier molecular flexibility index (Phi) is 5.66. The Labute approximate surface area is 168 Å². The average molecular weight is 428 g/mol. The first-order valence-electron chi connectivity index (χ1n) is 9.11. The van der Waals surface area contributed by atoms with Crippen molar-refractivity contribution in [1.29, 1.82) is 0 Å². The van der Waals surface area contributed by atoms with E-state index < -0.39 is 32.4 Å². The first-order chi connectivity index (χ1) is 13.4. The molecule has 1 aromatic carbocycles. The minimum atomic E-state index is -4.61. The van der Waals surface area contributed by atoms with Gasteiger partial charge in [-0.05, 0) is 49.6 Å². The summed E-state index contributed by atoms with van der Waals surface area (Å²) in [6.07, 6.45) is -3.13. The lowest BCUT2D eigenvalue weighted by Gasteiger charge is -2.37. The van der Waals surface area contributed by atoms with Gasteiger partial charge in [0.05, 0.1) is 21.3 Å². The lowest BCUT2D eigenvalue weighted by Crippen LogP contribution is -2.42. The highest BCUT2D eigenvalue weighted by molar-refractivity contribution is 7.92. The minimum absolute atomic E-state index is 0.134. The number of halogens is 3. The number of nitrogens with zero attached hydrogens (tertiary/aromatic N) is 2. The van der Waals surface area contributed by atoms with Crippen molar-refractivity contribution >= 4 is 15.7 Å². The zero-order chi connectivity index (χ0) is 21.4. The molecule has 0 N–H and O–H groups in total. The molecule has 1 fully saturated rings. The summed E-state index contributed by atoms with van der Waals surface area (Å²) in [4.78, 5) is 5.85. The lowest BCUT2D eigenvalue weighted by atomic mass is 9.93. The Balaban J connectivity index is 1.91. The summed E-state index contributed by atoms with van der Waals surface area (Å²) in [5.41, 5.74) is -0.241. The van der Waals surface area contributed by atoms with E-state index in [0.29, 0.717) is 6.07 Å². The number of anilines is 1. The van der Waals surface area contributed by atoms with Crippen LogP contribution in [-0.4, -0.2) is 38.9 Å². The SMILES string of the molecule is CN(C)c1ccc(C2CC(C)(S(=O)(=O)c3cccc(C(F)(F)F)c3)CCO2)cn1. The Morgan fingerprint density at radius 3 is 2.52 bits per heavy atom. The third-order valence-electron chi connectivity index (χ3n) is 5.29. The Morgan fingerprint density at radius 1 is 1.21 bits per heavy atom. The molecule has 0 radical (unpaired) electrons. The number of ether oxygens (including phenoxy) is 1. The maximum Gasteiger partial charge on any atom is 0.416 e. The first kappa shape index (κ1) is 21.6. The molecule has 1 saturated heterocycles. The lowest BCUT2D eigenvalue weighted by molar-refractivity contribution is -0.137. The molecule has 1 aliphatic rings. The Morgan fingerprint density at radius 2 is 1.93 bits per heavy atom. The van der Waals surface area contributed by atoms with Crippen LogP contribution in [-0.2, 0) is 20.8 Å². The van der Waals surface area contributed by atoms with Gasteiger partial charge in [-0.2, -0.15) is 13.2 Å². The minimum Gasteiger partial charge on any atom is -0.373 e. The predicted molar refractivity (Wildman–Crippen MR) is 104 cm³/mol. The summed E-state index contributed by atoms with van der Waals surface area (Å²) in [7, 11) is -0.298. The second-order valence-electron chi connectivity index (χ2n) is 7.64. The van der Waals surface area contributed by atoms with Crippen LogP contribution in [0.1, 0.15) is 37.0 Å². The molecular weight excluding hydrogens is 405 g/mol. The second-order valence-corrected chi connectivity index (χ2v) is 10.1. The average Bonchev–Trinajstić information content (AvgIpc) is 2.67. The summed E-state index contributed by atoms with van der Waals surface area (Å²) in [6.45, 7) is 1.76. The van der Waals surface area contributed by atoms with Crippen LogP contribution >= 0.6 is 0 Å². The summed E-state index contributed by atoms with van der Waals surface area (Å²) < 4.78 is 70.2. The molecule has 0 aliphatic carbocycles. The number of sulfone groups is 1. The van der Waals surface area contributed by atoms with Gasteiger partial charge in [-0.3, -0.25) is 0 Å². The maximum atomic E-state index is 13.3. The van der Waals surface area contributed by atoms with E-state index in [-0.39, 0.29) is 24.3 Å². The van der Waals surface area contributed by atoms with Crippen LogP contribution in [0.15, 0.2) is 47.5 Å². The molecule has 158 valence electrons. The quantitative estimate of drug-likeness (QED) is 0.729. The zero-order valence-electron chi connectivity index (χ0n) is 16.4. The first-order valence-corrected chi connectivity index (χ1v) is 10.6. The summed E-state index contributed by atoms with van der Waals surface area (Å²) in [6, 6.07) is 7.56. The highest BCUT2D eigenvalue weighted by atomic mass is 32.2. The van der Waals surface area contributed by atoms with Gasteiger partial charge in [0, 0.05) is 26.9 Å². The van der Waals surface area contributed by atoms with E-state index in [9.17, 15) is 21.6 Å². The van der Waals surface area contributed by atoms with Gasteiger partial charge in [0.1, 0.15) is 5.82 Å². The van der Waals surface area contributed by atoms with Gasteiger partial charge in [0.2, 0.25) is 0 Å². The number of benzene rings is 1. The fourth-order valence-electron chi connectivity index (χ4n) is 3.40. The van der Waals surface area contributed by atoms with E-state index in [1.54, 1.807) is 13.1 Å². The van der Waals surface area contributed by atoms with E-state index in [1.807, 2.05) is 31.1 Å². The van der Waals surface area contributed by atoms with Crippen LogP contribution in [0.2, 0.25) is 0 Å². The molecule has 2 heterocycles. The van der Waals surface area contributed by atoms with E-state index in [4.69, 9.17) is 4.74 Å². The van der Waals surface area contributed by atoms with Gasteiger partial charge in [-0.1, -0.05) is 12.1 Å². The van der Waals surface area contributed by atoms with Gasteiger partial charge >= 0.3 is 6.18 Å². The molecular formula is C20H23F3N2O3S. The summed E-state index contributed by atoms with van der Waals surface area (Å²) in [5.74, 6) is 0.754. The van der Waals surface area contributed by atoms with Crippen LogP contribution in [0.3, 0.4) is 0 Å². The van der Waals surface area contributed by atoms with Crippen molar-refractivity contribution in [1.82, 2.24) is 4.98 Å². The van der Waals surface area contributed by atoms with Gasteiger partial charge in [-0.25, -0.2) is 13.4 Å². The molecule has 9 heteroatoms. The molecule has 2 atom stereocenters. The predicted octanol–water partition coefficient (Wildman–Crippen LogP) is 4.25. The molecule has 29 heavy (non-hydrogen) atoms. The normalized spacial score (nSPS) is 23.0. The van der Waals surface area contributed by atoms with Crippen molar-refractivity contribution in [2.75, 3.05) is 25.6 Å². The van der Waals surface area contributed by atoms with Crippen molar-refractivity contribution in [3.8, 4) is 0 Å². The van der Waals surface area contributed by atoms with E-state index in [2.05, 4.69) is 4.98 Å². The third-order valence-corrected chi connectivity index (χ3v) is 7.83. The summed E-state index contributed by atoms with van der Waals surface area (Å²) in [5, 5.41) is 0. The van der Waals surface area contributed by atoms with Gasteiger partial charge in [-0.15, -0.1) is 0 Å². The fraction of sp³-hybridized carbons (Fsp3) is 0.450. The Hall–Kier alpha value is -2.13. The van der Waals surface area contributed by atoms with Gasteiger partial charge < -0.3 is 9.64 Å². The molecule has 0 amide bonds. The molecule has 5 nitrogen and oxygen atoms in total. The van der Waals surface area contributed by atoms with Crippen LogP contribution < -0.4 is 4.90 Å². The van der Waals surface area contributed by atoms with Crippen molar-refractivity contribution in [3.63, 3.8) is 0 Å². The van der Waals surface area contributed by atoms with Crippen LogP contribution in [0.5, 0.6) is 0 Å². The molecule has 0 spiro atoms. The highest BCUT2D eigenvalue weighted by Gasteiger charge is 2.45. The van der Waals surface area contributed by atoms with E-state index >= 15 is 0 Å². The largest absolute Gasteiger partial charge is 0.416 e. The van der Waals surface area contributed by atoms with Gasteiger partial charge in [0.15, 0.2) is 9.84 Å². The standard InChI is InChI=1S/C20H23F3N2O3S/c1-19(29(26,27)16-6-4-5-15(11-16)20(21,22)23)9-10-28-17(12-19)14-7-8-18(24-13-14)25(2)3/h4-8,11,13,17H,9-10,12H2,1-3H3. The van der Waals surface area contributed by atoms with Crippen LogP contribution in [0.25, 0.3) is 0 Å². The Bertz CT molecular complexity index is 975. The maximum absolute atomic E-state index is 13.3. The van der Waals surface area contributed by atoms with Crippen molar-refractivity contribution in [2.24, 2.45) is 0 Å². The van der Waals surface area contributed by atoms with Crippen LogP contribution in [0.4, 0.5) is 19.0 Å². The molecule has 1 aliphatic heterocycles. The van der Waals surface area contributed by atoms with Crippen molar-refractivity contribution < 1.29 is 26.3 Å². The smallest absolute Gasteiger partial charge is 0.373 e. The third kappa shape index (κ3) is 4.25. The number of rotatable bonds is 4. The second kappa shape index (κ2) is 7.60. The zero-order valence-corrected chi connectivity index (χ0v) is 17.2. The summed E-state index contributed by atoms with van der Waals surface area (Å²) >= 11 is 0. The van der Waals surface area contributed by atoms with Gasteiger partial charge in [0.25, 0.3) is 0 Å². The molecule has 1 aromatic heterocycles. The number of hydrogen-bond donors (Lipinski definition) is 0. The molecule has 3 rings (SSSR count). The molecule has 2 unspecified atom stereocenters. The molecule has 2 aromatic rings. The highest BCUT2D eigenvalue weighted by Crippen LogP contribution is 2.42.